The van der Waals surface area contributed by atoms with Crippen molar-refractivity contribution in [3.8, 4) is 5.75 Å². The van der Waals surface area contributed by atoms with Gasteiger partial charge in [-0.2, -0.15) is 0 Å². The Kier molecular flexibility index (Phi) is 5.30. The molecule has 1 N–H and O–H groups in total. The fraction of sp³-hybridized carbons (Fsp3) is 0.125. The molecule has 26 heavy (non-hydrogen) atoms. The van der Waals surface area contributed by atoms with E-state index in [0.29, 0.717) is 23.0 Å². The summed E-state index contributed by atoms with van der Waals surface area (Å²) >= 11 is 7.42. The molecule has 0 atom stereocenters. The monoisotopic (exact) mass is 411 g/mol. The number of carbonyl (C=O) groups excluding carboxylic acids is 1. The number of thiazole rings is 1. The molecule has 0 aliphatic rings. The number of aromatic nitrogens is 2. The number of hydrogen-bond donors (Lipinski definition) is 1. The van der Waals surface area contributed by atoms with Crippen LogP contribution in [0.15, 0.2) is 46.8 Å². The summed E-state index contributed by atoms with van der Waals surface area (Å²) in [5, 5.41) is 2.06. The minimum atomic E-state index is -3.98. The molecular weight excluding hydrogens is 398 g/mol. The summed E-state index contributed by atoms with van der Waals surface area (Å²) in [5.41, 5.74) is 0.497. The van der Waals surface area contributed by atoms with Gasteiger partial charge in [-0.1, -0.05) is 11.6 Å². The number of halogens is 1. The first-order valence-electron chi connectivity index (χ1n) is 7.49. The second-order valence-electron chi connectivity index (χ2n) is 5.05. The van der Waals surface area contributed by atoms with Gasteiger partial charge in [0.05, 0.1) is 17.2 Å². The van der Waals surface area contributed by atoms with E-state index in [2.05, 4.69) is 4.98 Å². The van der Waals surface area contributed by atoms with Gasteiger partial charge in [-0.05, 0) is 37.3 Å². The van der Waals surface area contributed by atoms with Gasteiger partial charge in [0.2, 0.25) is 0 Å². The molecule has 0 bridgehead atoms. The molecule has 0 saturated heterocycles. The molecule has 7 nitrogen and oxygen atoms in total. The SMILES string of the molecule is CCOc1ccc(S(=O)(=O)NC(=O)/C=C/c2c(Cl)nc3sccn23)cc1. The van der Waals surface area contributed by atoms with Crippen LogP contribution in [0.1, 0.15) is 12.6 Å². The van der Waals surface area contributed by atoms with E-state index in [9.17, 15) is 13.2 Å². The molecule has 136 valence electrons. The summed E-state index contributed by atoms with van der Waals surface area (Å²) in [5.74, 6) is -0.243. The van der Waals surface area contributed by atoms with Crippen LogP contribution in [-0.2, 0) is 14.8 Å². The average molecular weight is 412 g/mol. The van der Waals surface area contributed by atoms with Crippen LogP contribution in [0.5, 0.6) is 5.75 Å². The average Bonchev–Trinajstić information content (AvgIpc) is 3.14. The third-order valence-electron chi connectivity index (χ3n) is 3.33. The molecule has 3 aromatic rings. The Morgan fingerprint density at radius 1 is 1.38 bits per heavy atom. The third kappa shape index (κ3) is 3.90. The Morgan fingerprint density at radius 3 is 2.81 bits per heavy atom. The van der Waals surface area contributed by atoms with Crippen molar-refractivity contribution in [2.45, 2.75) is 11.8 Å². The van der Waals surface area contributed by atoms with Gasteiger partial charge in [0.1, 0.15) is 5.75 Å². The number of fused-ring (bicyclic) bond motifs is 1. The zero-order valence-corrected chi connectivity index (χ0v) is 15.9. The van der Waals surface area contributed by atoms with Crippen LogP contribution in [0, 0.1) is 0 Å². The quantitative estimate of drug-likeness (QED) is 0.630. The van der Waals surface area contributed by atoms with Crippen LogP contribution in [0.2, 0.25) is 5.15 Å². The summed E-state index contributed by atoms with van der Waals surface area (Å²) in [6.45, 7) is 2.30. The predicted octanol–water partition coefficient (Wildman–Crippen LogP) is 2.97. The second kappa shape index (κ2) is 7.48. The van der Waals surface area contributed by atoms with Crippen LogP contribution >= 0.6 is 22.9 Å². The molecular formula is C16H14ClN3O4S2. The van der Waals surface area contributed by atoms with Crippen LogP contribution in [0.4, 0.5) is 0 Å². The summed E-state index contributed by atoms with van der Waals surface area (Å²) in [4.78, 5) is 16.8. The smallest absolute Gasteiger partial charge is 0.264 e. The second-order valence-corrected chi connectivity index (χ2v) is 7.96. The van der Waals surface area contributed by atoms with Crippen LogP contribution in [-0.4, -0.2) is 30.3 Å². The number of ether oxygens (including phenoxy) is 1. The Bertz CT molecular complexity index is 1070. The predicted molar refractivity (Wildman–Crippen MR) is 100 cm³/mol. The molecule has 10 heteroatoms. The minimum absolute atomic E-state index is 0.0367. The molecule has 0 radical (unpaired) electrons. The van der Waals surface area contributed by atoms with Crippen LogP contribution < -0.4 is 9.46 Å². The van der Waals surface area contributed by atoms with Gasteiger partial charge in [-0.15, -0.1) is 11.3 Å². The highest BCUT2D eigenvalue weighted by Gasteiger charge is 2.16. The number of hydrogen-bond acceptors (Lipinski definition) is 6. The fourth-order valence-electron chi connectivity index (χ4n) is 2.19. The summed E-state index contributed by atoms with van der Waals surface area (Å²) in [7, 11) is -3.98. The van der Waals surface area contributed by atoms with E-state index in [4.69, 9.17) is 16.3 Å². The van der Waals surface area contributed by atoms with Gasteiger partial charge >= 0.3 is 0 Å². The van der Waals surface area contributed by atoms with E-state index < -0.39 is 15.9 Å². The maximum Gasteiger partial charge on any atom is 0.264 e. The summed E-state index contributed by atoms with van der Waals surface area (Å²) in [6, 6.07) is 5.79. The molecule has 1 amide bonds. The Morgan fingerprint density at radius 2 is 2.12 bits per heavy atom. The molecule has 0 spiro atoms. The van der Waals surface area contributed by atoms with E-state index in [1.807, 2.05) is 17.0 Å². The van der Waals surface area contributed by atoms with Gasteiger partial charge < -0.3 is 4.74 Å². The molecule has 3 rings (SSSR count). The van der Waals surface area contributed by atoms with Crippen LogP contribution in [0.3, 0.4) is 0 Å². The van der Waals surface area contributed by atoms with Crippen molar-refractivity contribution in [3.05, 3.63) is 52.8 Å². The van der Waals surface area contributed by atoms with E-state index in [-0.39, 0.29) is 10.0 Å². The lowest BCUT2D eigenvalue weighted by Crippen LogP contribution is -2.28. The number of carbonyl (C=O) groups is 1. The van der Waals surface area contributed by atoms with Crippen molar-refractivity contribution in [1.29, 1.82) is 0 Å². The number of sulfonamides is 1. The lowest BCUT2D eigenvalue weighted by atomic mass is 10.3. The highest BCUT2D eigenvalue weighted by atomic mass is 35.5. The first-order valence-corrected chi connectivity index (χ1v) is 10.2. The van der Waals surface area contributed by atoms with E-state index in [1.54, 1.807) is 10.6 Å². The van der Waals surface area contributed by atoms with E-state index in [0.717, 1.165) is 6.08 Å². The lowest BCUT2D eigenvalue weighted by Gasteiger charge is -2.06. The molecule has 0 aliphatic carbocycles. The van der Waals surface area contributed by atoms with Gasteiger partial charge in [-0.3, -0.25) is 9.20 Å². The topological polar surface area (TPSA) is 89.8 Å². The van der Waals surface area contributed by atoms with Crippen molar-refractivity contribution in [2.24, 2.45) is 0 Å². The van der Waals surface area contributed by atoms with Crippen LogP contribution in [0.25, 0.3) is 11.0 Å². The number of benzene rings is 1. The van der Waals surface area contributed by atoms with Crippen molar-refractivity contribution >= 4 is 49.9 Å². The van der Waals surface area contributed by atoms with Gasteiger partial charge in [0, 0.05) is 17.7 Å². The molecule has 0 unspecified atom stereocenters. The first kappa shape index (κ1) is 18.4. The molecule has 0 fully saturated rings. The van der Waals surface area contributed by atoms with Crippen molar-refractivity contribution in [3.63, 3.8) is 0 Å². The van der Waals surface area contributed by atoms with Gasteiger partial charge in [0.25, 0.3) is 15.9 Å². The molecule has 0 saturated carbocycles. The zero-order valence-electron chi connectivity index (χ0n) is 13.5. The Hall–Kier alpha value is -2.36. The summed E-state index contributed by atoms with van der Waals surface area (Å²) in [6.07, 6.45) is 4.27. The van der Waals surface area contributed by atoms with Crippen molar-refractivity contribution in [2.75, 3.05) is 6.61 Å². The first-order chi connectivity index (χ1) is 12.4. The Labute approximate surface area is 158 Å². The number of nitrogens with zero attached hydrogens (tertiary/aromatic N) is 2. The third-order valence-corrected chi connectivity index (χ3v) is 5.72. The van der Waals surface area contributed by atoms with E-state index in [1.165, 1.54) is 41.7 Å². The minimum Gasteiger partial charge on any atom is -0.494 e. The summed E-state index contributed by atoms with van der Waals surface area (Å²) < 4.78 is 33.5. The van der Waals surface area contributed by atoms with Gasteiger partial charge in [-0.25, -0.2) is 18.1 Å². The normalized spacial score (nSPS) is 11.9. The number of imidazole rings is 1. The van der Waals surface area contributed by atoms with Crippen molar-refractivity contribution in [1.82, 2.24) is 14.1 Å². The van der Waals surface area contributed by atoms with Gasteiger partial charge in [0.15, 0.2) is 10.1 Å². The maximum atomic E-state index is 12.3. The highest BCUT2D eigenvalue weighted by Crippen LogP contribution is 2.22. The standard InChI is InChI=1S/C16H14ClN3O4S2/c1-2-24-11-3-5-12(6-4-11)26(22,23)19-14(21)8-7-13-15(17)18-16-20(13)9-10-25-16/h3-10H,2H2,1H3,(H,19,21)/b8-7+. The number of amides is 1. The highest BCUT2D eigenvalue weighted by molar-refractivity contribution is 7.90. The molecule has 2 heterocycles. The molecule has 2 aromatic heterocycles. The van der Waals surface area contributed by atoms with E-state index >= 15 is 0 Å². The number of rotatable bonds is 6. The largest absolute Gasteiger partial charge is 0.494 e. The number of nitrogens with one attached hydrogen (secondary N) is 1. The maximum absolute atomic E-state index is 12.3. The Balaban J connectivity index is 1.74. The fourth-order valence-corrected chi connectivity index (χ4v) is 4.14. The van der Waals surface area contributed by atoms with Crippen molar-refractivity contribution < 1.29 is 17.9 Å². The zero-order chi connectivity index (χ0) is 18.7. The lowest BCUT2D eigenvalue weighted by molar-refractivity contribution is -0.114. The molecule has 0 aliphatic heterocycles. The molecule has 1 aromatic carbocycles.